The second-order valence-corrected chi connectivity index (χ2v) is 5.24. The summed E-state index contributed by atoms with van der Waals surface area (Å²) in [6.07, 6.45) is 2.21. The Bertz CT molecular complexity index is 386. The first-order valence-electron chi connectivity index (χ1n) is 5.96. The molecule has 0 amide bonds. The van der Waals surface area contributed by atoms with Gasteiger partial charge >= 0.3 is 0 Å². The summed E-state index contributed by atoms with van der Waals surface area (Å²) in [5.74, 6) is -0.187. The number of likely N-dealkylation sites (N-methyl/N-ethyl adjacent to an activating group) is 1. The lowest BCUT2D eigenvalue weighted by molar-refractivity contribution is 0.414. The monoisotopic (exact) mass is 235 g/mol. The summed E-state index contributed by atoms with van der Waals surface area (Å²) in [6.45, 7) is 8.51. The molecule has 0 aromatic heterocycles. The molecule has 0 saturated carbocycles. The summed E-state index contributed by atoms with van der Waals surface area (Å²) >= 11 is 0. The quantitative estimate of drug-likeness (QED) is 0.785. The minimum Gasteiger partial charge on any atom is -0.313 e. The number of benzene rings is 1. The third-order valence-corrected chi connectivity index (χ3v) is 3.18. The molecule has 1 rings (SSSR count). The summed E-state index contributed by atoms with van der Waals surface area (Å²) in [7, 11) is 1.95. The van der Waals surface area contributed by atoms with E-state index in [2.05, 4.69) is 39.1 Å². The van der Waals surface area contributed by atoms with E-state index in [0.29, 0.717) is 0 Å². The molecule has 1 aromatic carbocycles. The molecule has 1 aromatic rings. The Morgan fingerprint density at radius 2 is 1.76 bits per heavy atom. The third kappa shape index (κ3) is 3.40. The molecule has 17 heavy (non-hydrogen) atoms. The molecule has 0 fully saturated rings. The molecule has 1 N–H and O–H groups in total. The van der Waals surface area contributed by atoms with E-state index < -0.39 is 0 Å². The molecule has 0 aliphatic rings. The van der Waals surface area contributed by atoms with Crippen LogP contribution < -0.4 is 5.32 Å². The normalized spacial score (nSPS) is 13.3. The largest absolute Gasteiger partial charge is 0.313 e. The molecule has 0 aliphatic carbocycles. The third-order valence-electron chi connectivity index (χ3n) is 3.18. The van der Waals surface area contributed by atoms with Crippen LogP contribution in [0.15, 0.2) is 35.9 Å². The van der Waals surface area contributed by atoms with E-state index in [-0.39, 0.29) is 17.3 Å². The number of halogens is 1. The van der Waals surface area contributed by atoms with Gasteiger partial charge in [-0.2, -0.15) is 0 Å². The average Bonchev–Trinajstić information content (AvgIpc) is 2.26. The van der Waals surface area contributed by atoms with Crippen molar-refractivity contribution in [3.05, 3.63) is 47.3 Å². The number of allylic oxidation sites excluding steroid dienone is 1. The van der Waals surface area contributed by atoms with E-state index in [1.807, 2.05) is 19.2 Å². The lowest BCUT2D eigenvalue weighted by atomic mass is 9.77. The van der Waals surface area contributed by atoms with Gasteiger partial charge in [0.25, 0.3) is 0 Å². The summed E-state index contributed by atoms with van der Waals surface area (Å²) in [6, 6.07) is 6.99. The first-order chi connectivity index (χ1) is 7.87. The van der Waals surface area contributed by atoms with Crippen molar-refractivity contribution in [3.8, 4) is 0 Å². The SMILES string of the molecule is CNC(C=C(C)C)C(C)(C)c1ccc(F)cc1. The van der Waals surface area contributed by atoms with Crippen LogP contribution in [-0.2, 0) is 5.41 Å². The Balaban J connectivity index is 3.07. The summed E-state index contributed by atoms with van der Waals surface area (Å²) in [5, 5.41) is 3.32. The van der Waals surface area contributed by atoms with Crippen LogP contribution in [-0.4, -0.2) is 13.1 Å². The molecule has 2 heteroatoms. The average molecular weight is 235 g/mol. The lowest BCUT2D eigenvalue weighted by Gasteiger charge is -2.33. The standard InChI is InChI=1S/C15H22FN/c1-11(2)10-14(17-5)15(3,4)12-6-8-13(16)9-7-12/h6-10,14,17H,1-5H3. The predicted molar refractivity (Wildman–Crippen MR) is 71.7 cm³/mol. The van der Waals surface area contributed by atoms with Crippen LogP contribution in [0.3, 0.4) is 0 Å². The van der Waals surface area contributed by atoms with Gasteiger partial charge in [-0.15, -0.1) is 0 Å². The van der Waals surface area contributed by atoms with E-state index in [0.717, 1.165) is 5.56 Å². The Kier molecular flexibility index (Phi) is 4.47. The smallest absolute Gasteiger partial charge is 0.123 e. The highest BCUT2D eigenvalue weighted by Crippen LogP contribution is 2.28. The van der Waals surface area contributed by atoms with Gasteiger partial charge in [0, 0.05) is 11.5 Å². The van der Waals surface area contributed by atoms with Crippen LogP contribution in [0, 0.1) is 5.82 Å². The first kappa shape index (κ1) is 13.9. The van der Waals surface area contributed by atoms with E-state index >= 15 is 0 Å². The number of nitrogens with one attached hydrogen (secondary N) is 1. The Morgan fingerprint density at radius 1 is 1.24 bits per heavy atom. The van der Waals surface area contributed by atoms with Crippen molar-refractivity contribution in [2.75, 3.05) is 7.05 Å². The molecule has 0 heterocycles. The molecular formula is C15H22FN. The van der Waals surface area contributed by atoms with Gasteiger partial charge in [-0.05, 0) is 38.6 Å². The molecule has 1 nitrogen and oxygen atoms in total. The fourth-order valence-corrected chi connectivity index (χ4v) is 2.04. The van der Waals surface area contributed by atoms with E-state index in [1.165, 1.54) is 17.7 Å². The second-order valence-electron chi connectivity index (χ2n) is 5.24. The van der Waals surface area contributed by atoms with Crippen molar-refractivity contribution < 1.29 is 4.39 Å². The van der Waals surface area contributed by atoms with Gasteiger partial charge in [0.15, 0.2) is 0 Å². The van der Waals surface area contributed by atoms with E-state index in [1.54, 1.807) is 0 Å². The van der Waals surface area contributed by atoms with E-state index in [4.69, 9.17) is 0 Å². The highest BCUT2D eigenvalue weighted by molar-refractivity contribution is 5.29. The summed E-state index contributed by atoms with van der Waals surface area (Å²) < 4.78 is 12.9. The topological polar surface area (TPSA) is 12.0 Å². The molecule has 0 aliphatic heterocycles. The number of hydrogen-bond acceptors (Lipinski definition) is 1. The Morgan fingerprint density at radius 3 is 2.18 bits per heavy atom. The Hall–Kier alpha value is -1.15. The van der Waals surface area contributed by atoms with Crippen LogP contribution in [0.4, 0.5) is 4.39 Å². The van der Waals surface area contributed by atoms with Gasteiger partial charge in [0.2, 0.25) is 0 Å². The molecular weight excluding hydrogens is 213 g/mol. The van der Waals surface area contributed by atoms with Crippen molar-refractivity contribution in [2.24, 2.45) is 0 Å². The maximum absolute atomic E-state index is 12.9. The maximum atomic E-state index is 12.9. The van der Waals surface area contributed by atoms with Crippen molar-refractivity contribution >= 4 is 0 Å². The van der Waals surface area contributed by atoms with Crippen LogP contribution in [0.25, 0.3) is 0 Å². The lowest BCUT2D eigenvalue weighted by Crippen LogP contribution is -2.41. The van der Waals surface area contributed by atoms with Crippen LogP contribution in [0.1, 0.15) is 33.3 Å². The van der Waals surface area contributed by atoms with Gasteiger partial charge in [-0.1, -0.05) is 37.6 Å². The number of hydrogen-bond donors (Lipinski definition) is 1. The van der Waals surface area contributed by atoms with Gasteiger partial charge in [0.1, 0.15) is 5.82 Å². The molecule has 0 saturated heterocycles. The highest BCUT2D eigenvalue weighted by atomic mass is 19.1. The number of rotatable bonds is 4. The van der Waals surface area contributed by atoms with Crippen molar-refractivity contribution in [1.29, 1.82) is 0 Å². The molecule has 0 spiro atoms. The molecule has 1 unspecified atom stereocenters. The minimum atomic E-state index is -0.187. The molecule has 1 atom stereocenters. The summed E-state index contributed by atoms with van der Waals surface area (Å²) in [5.41, 5.74) is 2.34. The zero-order chi connectivity index (χ0) is 13.1. The van der Waals surface area contributed by atoms with Gasteiger partial charge in [-0.3, -0.25) is 0 Å². The van der Waals surface area contributed by atoms with Crippen molar-refractivity contribution in [2.45, 2.75) is 39.2 Å². The molecule has 0 radical (unpaired) electrons. The van der Waals surface area contributed by atoms with E-state index in [9.17, 15) is 4.39 Å². The summed E-state index contributed by atoms with van der Waals surface area (Å²) in [4.78, 5) is 0. The second kappa shape index (κ2) is 5.46. The van der Waals surface area contributed by atoms with Crippen molar-refractivity contribution in [3.63, 3.8) is 0 Å². The fraction of sp³-hybridized carbons (Fsp3) is 0.467. The first-order valence-corrected chi connectivity index (χ1v) is 5.96. The fourth-order valence-electron chi connectivity index (χ4n) is 2.04. The van der Waals surface area contributed by atoms with Crippen LogP contribution in [0.5, 0.6) is 0 Å². The Labute approximate surface area is 104 Å². The predicted octanol–water partition coefficient (Wildman–Crippen LogP) is 3.66. The van der Waals surface area contributed by atoms with Crippen molar-refractivity contribution in [1.82, 2.24) is 5.32 Å². The zero-order valence-corrected chi connectivity index (χ0v) is 11.3. The van der Waals surface area contributed by atoms with Gasteiger partial charge < -0.3 is 5.32 Å². The molecule has 94 valence electrons. The van der Waals surface area contributed by atoms with Gasteiger partial charge in [-0.25, -0.2) is 4.39 Å². The van der Waals surface area contributed by atoms with Crippen LogP contribution >= 0.6 is 0 Å². The minimum absolute atomic E-state index is 0.0697. The maximum Gasteiger partial charge on any atom is 0.123 e. The van der Waals surface area contributed by atoms with Gasteiger partial charge in [0.05, 0.1) is 0 Å². The zero-order valence-electron chi connectivity index (χ0n) is 11.3. The molecule has 0 bridgehead atoms. The van der Waals surface area contributed by atoms with Crippen LogP contribution in [0.2, 0.25) is 0 Å². The highest BCUT2D eigenvalue weighted by Gasteiger charge is 2.28.